The second-order valence-corrected chi connectivity index (χ2v) is 5.94. The summed E-state index contributed by atoms with van der Waals surface area (Å²) >= 11 is 7.25. The minimum atomic E-state index is 0.238. The van der Waals surface area contributed by atoms with Gasteiger partial charge in [0.25, 0.3) is 0 Å². The molecule has 0 aliphatic heterocycles. The highest BCUT2D eigenvalue weighted by Gasteiger charge is 2.07. The molecule has 110 valence electrons. The number of aromatic hydroxyl groups is 1. The molecule has 0 radical (unpaired) electrons. The lowest BCUT2D eigenvalue weighted by atomic mass is 10.2. The molecule has 1 heterocycles. The molecule has 0 unspecified atom stereocenters. The standard InChI is InChI=1S/C16H12ClN3OS/c17-12-7-5-11(6-8-12)9-19-20-16-18-10-15(22-16)13-3-1-2-4-14(13)21/h1-10,21H,(H,18,20)/b19-9-. The lowest BCUT2D eigenvalue weighted by Crippen LogP contribution is -1.89. The van der Waals surface area contributed by atoms with Crippen LogP contribution in [0.15, 0.2) is 59.8 Å². The number of hydrogen-bond acceptors (Lipinski definition) is 5. The number of para-hydroxylation sites is 1. The van der Waals surface area contributed by atoms with Crippen LogP contribution in [0.3, 0.4) is 0 Å². The van der Waals surface area contributed by atoms with Crippen LogP contribution in [-0.2, 0) is 0 Å². The Labute approximate surface area is 136 Å². The van der Waals surface area contributed by atoms with Crippen LogP contribution in [0.4, 0.5) is 5.13 Å². The van der Waals surface area contributed by atoms with E-state index in [1.807, 2.05) is 36.4 Å². The van der Waals surface area contributed by atoms with Crippen LogP contribution in [-0.4, -0.2) is 16.3 Å². The molecule has 0 fully saturated rings. The van der Waals surface area contributed by atoms with Crippen molar-refractivity contribution >= 4 is 34.3 Å². The second-order valence-electron chi connectivity index (χ2n) is 4.47. The second kappa shape index (κ2) is 6.60. The van der Waals surface area contributed by atoms with Crippen LogP contribution < -0.4 is 5.43 Å². The van der Waals surface area contributed by atoms with Gasteiger partial charge in [-0.25, -0.2) is 4.98 Å². The van der Waals surface area contributed by atoms with Gasteiger partial charge < -0.3 is 5.11 Å². The molecule has 0 bridgehead atoms. The topological polar surface area (TPSA) is 57.5 Å². The Morgan fingerprint density at radius 1 is 1.14 bits per heavy atom. The number of halogens is 1. The van der Waals surface area contributed by atoms with Crippen molar-refractivity contribution in [3.05, 3.63) is 65.3 Å². The summed E-state index contributed by atoms with van der Waals surface area (Å²) in [5, 5.41) is 15.3. The predicted octanol–water partition coefficient (Wildman–Crippen LogP) is 4.62. The minimum Gasteiger partial charge on any atom is -0.507 e. The fourth-order valence-electron chi connectivity index (χ4n) is 1.84. The van der Waals surface area contributed by atoms with Crippen LogP contribution in [0.2, 0.25) is 5.02 Å². The van der Waals surface area contributed by atoms with Gasteiger partial charge in [-0.05, 0) is 29.8 Å². The van der Waals surface area contributed by atoms with Crippen LogP contribution >= 0.6 is 22.9 Å². The van der Waals surface area contributed by atoms with Crippen LogP contribution in [0.25, 0.3) is 10.4 Å². The van der Waals surface area contributed by atoms with Crippen molar-refractivity contribution in [1.82, 2.24) is 4.98 Å². The summed E-state index contributed by atoms with van der Waals surface area (Å²) in [6, 6.07) is 14.5. The van der Waals surface area contributed by atoms with E-state index in [0.29, 0.717) is 10.2 Å². The monoisotopic (exact) mass is 329 g/mol. The molecular formula is C16H12ClN3OS. The van der Waals surface area contributed by atoms with E-state index in [-0.39, 0.29) is 5.75 Å². The van der Waals surface area contributed by atoms with Gasteiger partial charge in [0.05, 0.1) is 11.1 Å². The Bertz CT molecular complexity index is 799. The lowest BCUT2D eigenvalue weighted by Gasteiger charge is -1.99. The zero-order valence-electron chi connectivity index (χ0n) is 11.4. The average molecular weight is 330 g/mol. The quantitative estimate of drug-likeness (QED) is 0.542. The molecule has 0 spiro atoms. The first-order valence-corrected chi connectivity index (χ1v) is 7.70. The molecule has 0 aliphatic carbocycles. The van der Waals surface area contributed by atoms with Crippen molar-refractivity contribution in [1.29, 1.82) is 0 Å². The number of anilines is 1. The Hall–Kier alpha value is -2.37. The summed E-state index contributed by atoms with van der Waals surface area (Å²) in [6.45, 7) is 0. The van der Waals surface area contributed by atoms with Gasteiger partial charge in [0.1, 0.15) is 5.75 Å². The number of nitrogens with one attached hydrogen (secondary N) is 1. The highest BCUT2D eigenvalue weighted by molar-refractivity contribution is 7.18. The molecule has 1 aromatic heterocycles. The van der Waals surface area contributed by atoms with E-state index >= 15 is 0 Å². The van der Waals surface area contributed by atoms with E-state index in [1.165, 1.54) is 11.3 Å². The molecule has 22 heavy (non-hydrogen) atoms. The summed E-state index contributed by atoms with van der Waals surface area (Å²) in [7, 11) is 0. The number of hydrazone groups is 1. The van der Waals surface area contributed by atoms with E-state index in [0.717, 1.165) is 16.0 Å². The van der Waals surface area contributed by atoms with Crippen molar-refractivity contribution in [3.63, 3.8) is 0 Å². The summed E-state index contributed by atoms with van der Waals surface area (Å²) in [4.78, 5) is 5.12. The largest absolute Gasteiger partial charge is 0.507 e. The van der Waals surface area contributed by atoms with Crippen LogP contribution in [0.5, 0.6) is 5.75 Å². The fraction of sp³-hybridized carbons (Fsp3) is 0. The molecule has 0 amide bonds. The Kier molecular flexibility index (Phi) is 4.37. The Morgan fingerprint density at radius 3 is 2.68 bits per heavy atom. The lowest BCUT2D eigenvalue weighted by molar-refractivity contribution is 0.477. The van der Waals surface area contributed by atoms with Crippen molar-refractivity contribution < 1.29 is 5.11 Å². The molecule has 0 saturated carbocycles. The first-order valence-electron chi connectivity index (χ1n) is 6.51. The average Bonchev–Trinajstić information content (AvgIpc) is 2.98. The van der Waals surface area contributed by atoms with Crippen molar-refractivity contribution in [2.75, 3.05) is 5.43 Å². The Balaban J connectivity index is 1.70. The number of phenolic OH excluding ortho intramolecular Hbond substituents is 1. The molecule has 3 aromatic rings. The highest BCUT2D eigenvalue weighted by Crippen LogP contribution is 2.34. The van der Waals surface area contributed by atoms with Gasteiger partial charge in [-0.2, -0.15) is 5.10 Å². The summed E-state index contributed by atoms with van der Waals surface area (Å²) < 4.78 is 0. The molecule has 6 heteroatoms. The minimum absolute atomic E-state index is 0.238. The van der Waals surface area contributed by atoms with Crippen molar-refractivity contribution in [2.24, 2.45) is 5.10 Å². The van der Waals surface area contributed by atoms with E-state index < -0.39 is 0 Å². The van der Waals surface area contributed by atoms with Crippen molar-refractivity contribution in [3.8, 4) is 16.2 Å². The summed E-state index contributed by atoms with van der Waals surface area (Å²) in [6.07, 6.45) is 3.40. The van der Waals surface area contributed by atoms with Gasteiger partial charge in [-0.1, -0.05) is 47.2 Å². The highest BCUT2D eigenvalue weighted by atomic mass is 35.5. The number of nitrogens with zero attached hydrogens (tertiary/aromatic N) is 2. The smallest absolute Gasteiger partial charge is 0.203 e. The van der Waals surface area contributed by atoms with E-state index in [2.05, 4.69) is 15.5 Å². The van der Waals surface area contributed by atoms with Gasteiger partial charge in [-0.3, -0.25) is 5.43 Å². The third-order valence-electron chi connectivity index (χ3n) is 2.92. The normalized spacial score (nSPS) is 11.0. The van der Waals surface area contributed by atoms with Crippen LogP contribution in [0.1, 0.15) is 5.56 Å². The molecular weight excluding hydrogens is 318 g/mol. The summed E-state index contributed by atoms with van der Waals surface area (Å²) in [5.74, 6) is 0.238. The maximum Gasteiger partial charge on any atom is 0.203 e. The van der Waals surface area contributed by atoms with Crippen molar-refractivity contribution in [2.45, 2.75) is 0 Å². The predicted molar refractivity (Wildman–Crippen MR) is 91.9 cm³/mol. The van der Waals surface area contributed by atoms with E-state index in [1.54, 1.807) is 24.5 Å². The molecule has 0 saturated heterocycles. The number of rotatable bonds is 4. The molecule has 3 rings (SSSR count). The van der Waals surface area contributed by atoms with Gasteiger partial charge >= 0.3 is 0 Å². The van der Waals surface area contributed by atoms with Gasteiger partial charge in [-0.15, -0.1) is 0 Å². The fourth-order valence-corrected chi connectivity index (χ4v) is 2.77. The Morgan fingerprint density at radius 2 is 1.91 bits per heavy atom. The summed E-state index contributed by atoms with van der Waals surface area (Å²) in [5.41, 5.74) is 4.58. The maximum atomic E-state index is 9.84. The third-order valence-corrected chi connectivity index (χ3v) is 4.11. The molecule has 4 nitrogen and oxygen atoms in total. The zero-order chi connectivity index (χ0) is 15.4. The zero-order valence-corrected chi connectivity index (χ0v) is 13.0. The molecule has 0 aliphatic rings. The molecule has 0 atom stereocenters. The number of phenols is 1. The van der Waals surface area contributed by atoms with Gasteiger partial charge in [0.2, 0.25) is 5.13 Å². The first kappa shape index (κ1) is 14.6. The first-order chi connectivity index (χ1) is 10.7. The van der Waals surface area contributed by atoms with Gasteiger partial charge in [0.15, 0.2) is 0 Å². The van der Waals surface area contributed by atoms with Gasteiger partial charge in [0, 0.05) is 16.8 Å². The number of hydrogen-bond donors (Lipinski definition) is 2. The number of benzene rings is 2. The number of aromatic nitrogens is 1. The number of thiazole rings is 1. The maximum absolute atomic E-state index is 9.84. The molecule has 2 aromatic carbocycles. The third kappa shape index (κ3) is 3.44. The van der Waals surface area contributed by atoms with Crippen LogP contribution in [0, 0.1) is 0 Å². The van der Waals surface area contributed by atoms with E-state index in [4.69, 9.17) is 11.6 Å². The van der Waals surface area contributed by atoms with E-state index in [9.17, 15) is 5.11 Å². The SMILES string of the molecule is Oc1ccccc1-c1cnc(N/N=C\c2ccc(Cl)cc2)s1. The molecule has 2 N–H and O–H groups in total.